The molecule has 0 bridgehead atoms. The topological polar surface area (TPSA) is 139 Å². The Labute approximate surface area is 167 Å². The van der Waals surface area contributed by atoms with Crippen molar-refractivity contribution in [2.45, 2.75) is 11.8 Å². The molecule has 29 heavy (non-hydrogen) atoms. The molecule has 0 heterocycles. The van der Waals surface area contributed by atoms with Gasteiger partial charge in [0, 0.05) is 24.3 Å². The van der Waals surface area contributed by atoms with Crippen molar-refractivity contribution >= 4 is 39.1 Å². The zero-order valence-corrected chi connectivity index (χ0v) is 16.3. The first-order chi connectivity index (χ1) is 13.6. The van der Waals surface area contributed by atoms with Crippen LogP contribution in [0.4, 0.5) is 5.69 Å². The number of methoxy groups -OCH3 is 1. The average molecular weight is 418 g/mol. The molecule has 0 fully saturated rings. The second-order valence-electron chi connectivity index (χ2n) is 5.77. The van der Waals surface area contributed by atoms with Crippen molar-refractivity contribution in [3.63, 3.8) is 0 Å². The molecule has 9 nitrogen and oxygen atoms in total. The van der Waals surface area contributed by atoms with Gasteiger partial charge in [0.1, 0.15) is 11.5 Å². The van der Waals surface area contributed by atoms with Crippen LogP contribution < -0.4 is 14.8 Å². The molecule has 152 valence electrons. The van der Waals surface area contributed by atoms with Gasteiger partial charge in [-0.1, -0.05) is 12.1 Å². The first kappa shape index (κ1) is 21.6. The van der Waals surface area contributed by atoms with Gasteiger partial charge in [-0.15, -0.1) is 0 Å². The third kappa shape index (κ3) is 5.91. The molecule has 0 saturated heterocycles. The van der Waals surface area contributed by atoms with E-state index in [9.17, 15) is 27.9 Å². The van der Waals surface area contributed by atoms with Crippen molar-refractivity contribution in [1.82, 2.24) is 4.72 Å². The molecule has 3 N–H and O–H groups in total. The molecule has 0 aliphatic carbocycles. The Hall–Kier alpha value is -3.66. The van der Waals surface area contributed by atoms with Crippen molar-refractivity contribution in [3.05, 3.63) is 60.2 Å². The summed E-state index contributed by atoms with van der Waals surface area (Å²) in [5.41, 5.74) is 0.442. The van der Waals surface area contributed by atoms with Crippen molar-refractivity contribution < 1.29 is 32.6 Å². The van der Waals surface area contributed by atoms with E-state index in [4.69, 9.17) is 4.74 Å². The van der Waals surface area contributed by atoms with E-state index in [0.717, 1.165) is 25.1 Å². The van der Waals surface area contributed by atoms with E-state index in [1.165, 1.54) is 31.4 Å². The zero-order chi connectivity index (χ0) is 21.6. The first-order valence-corrected chi connectivity index (χ1v) is 9.64. The smallest absolute Gasteiger partial charge is 0.296 e. The number of anilines is 1. The Balaban J connectivity index is 2.09. The summed E-state index contributed by atoms with van der Waals surface area (Å²) in [6, 6.07) is 11.1. The van der Waals surface area contributed by atoms with Crippen LogP contribution in [0.2, 0.25) is 0 Å². The minimum atomic E-state index is -4.01. The first-order valence-electron chi connectivity index (χ1n) is 8.16. The molecule has 0 aliphatic rings. The number of hydrogen-bond donors (Lipinski definition) is 3. The Kier molecular flexibility index (Phi) is 6.73. The molecule has 0 atom stereocenters. The Morgan fingerprint density at radius 3 is 2.31 bits per heavy atom. The maximum Gasteiger partial charge on any atom is 0.296 e. The van der Waals surface area contributed by atoms with Crippen molar-refractivity contribution in [1.29, 1.82) is 0 Å². The predicted molar refractivity (Wildman–Crippen MR) is 105 cm³/mol. The quantitative estimate of drug-likeness (QED) is 0.353. The molecule has 0 radical (unpaired) electrons. The van der Waals surface area contributed by atoms with Crippen LogP contribution in [0.25, 0.3) is 5.76 Å². The summed E-state index contributed by atoms with van der Waals surface area (Å²) in [7, 11) is -2.56. The fourth-order valence-corrected chi connectivity index (χ4v) is 3.20. The number of benzene rings is 2. The number of rotatable bonds is 7. The maximum absolute atomic E-state index is 12.0. The van der Waals surface area contributed by atoms with Gasteiger partial charge < -0.3 is 15.2 Å². The molecule has 2 aromatic rings. The van der Waals surface area contributed by atoms with Gasteiger partial charge in [0.25, 0.3) is 15.9 Å². The summed E-state index contributed by atoms with van der Waals surface area (Å²) in [6.45, 7) is 1.06. The van der Waals surface area contributed by atoms with Crippen molar-refractivity contribution in [2.24, 2.45) is 0 Å². The van der Waals surface area contributed by atoms with E-state index in [1.54, 1.807) is 16.9 Å². The molecule has 0 unspecified atom stereocenters. The predicted octanol–water partition coefficient (Wildman–Crippen LogP) is 1.63. The Bertz CT molecular complexity index is 1070. The molecule has 0 saturated carbocycles. The summed E-state index contributed by atoms with van der Waals surface area (Å²) in [4.78, 5) is 34.8. The highest BCUT2D eigenvalue weighted by Gasteiger charge is 2.17. The van der Waals surface area contributed by atoms with E-state index < -0.39 is 33.4 Å². The second-order valence-corrected chi connectivity index (χ2v) is 7.45. The van der Waals surface area contributed by atoms with Gasteiger partial charge in [-0.2, -0.15) is 0 Å². The lowest BCUT2D eigenvalue weighted by molar-refractivity contribution is -0.131. The molecule has 2 amide bonds. The maximum atomic E-state index is 12.0. The van der Waals surface area contributed by atoms with Gasteiger partial charge in [0.2, 0.25) is 11.7 Å². The molecule has 10 heteroatoms. The van der Waals surface area contributed by atoms with Crippen molar-refractivity contribution in [2.75, 3.05) is 12.4 Å². The van der Waals surface area contributed by atoms with Gasteiger partial charge in [-0.3, -0.25) is 14.4 Å². The van der Waals surface area contributed by atoms with E-state index >= 15 is 0 Å². The summed E-state index contributed by atoms with van der Waals surface area (Å²) in [5, 5.41) is 12.3. The van der Waals surface area contributed by atoms with Crippen LogP contribution in [0.3, 0.4) is 0 Å². The lowest BCUT2D eigenvalue weighted by Crippen LogP contribution is -2.28. The zero-order valence-electron chi connectivity index (χ0n) is 15.5. The van der Waals surface area contributed by atoms with E-state index in [1.807, 2.05) is 0 Å². The third-order valence-corrected chi connectivity index (χ3v) is 5.01. The normalized spacial score (nSPS) is 11.4. The summed E-state index contributed by atoms with van der Waals surface area (Å²) < 4.78 is 30.6. The molecule has 0 aromatic heterocycles. The summed E-state index contributed by atoms with van der Waals surface area (Å²) >= 11 is 0. The number of amides is 2. The van der Waals surface area contributed by atoms with Crippen LogP contribution in [-0.4, -0.2) is 38.2 Å². The van der Waals surface area contributed by atoms with Gasteiger partial charge in [-0.05, 0) is 36.4 Å². The van der Waals surface area contributed by atoms with E-state index in [2.05, 4.69) is 5.32 Å². The lowest BCUT2D eigenvalue weighted by Gasteiger charge is -2.07. The fraction of sp³-hybridized carbons (Fsp3) is 0.105. The minimum absolute atomic E-state index is 0.152. The third-order valence-electron chi connectivity index (χ3n) is 3.56. The number of aliphatic hydroxyl groups is 1. The number of carbonyl (C=O) groups excluding carboxylic acids is 3. The molecular weight excluding hydrogens is 400 g/mol. The highest BCUT2D eigenvalue weighted by molar-refractivity contribution is 7.90. The van der Waals surface area contributed by atoms with Crippen LogP contribution in [0, 0.1) is 0 Å². The van der Waals surface area contributed by atoms with E-state index in [0.29, 0.717) is 5.75 Å². The molecule has 2 rings (SSSR count). The fourth-order valence-electron chi connectivity index (χ4n) is 2.21. The number of ether oxygens (including phenoxy) is 1. The SMILES string of the molecule is COc1cccc(/C(O)=C/C(=O)C(=O)Nc2ccc(S(=O)(=O)NC(C)=O)cc2)c1. The monoisotopic (exact) mass is 418 g/mol. The molecular formula is C19H18N2O7S. The molecule has 2 aromatic carbocycles. The number of hydrogen-bond acceptors (Lipinski definition) is 7. The number of ketones is 1. The largest absolute Gasteiger partial charge is 0.507 e. The van der Waals surface area contributed by atoms with Gasteiger partial charge in [0.15, 0.2) is 0 Å². The van der Waals surface area contributed by atoms with Crippen LogP contribution >= 0.6 is 0 Å². The molecule has 0 spiro atoms. The number of aliphatic hydroxyl groups excluding tert-OH is 1. The Morgan fingerprint density at radius 1 is 1.07 bits per heavy atom. The molecule has 0 aliphatic heterocycles. The van der Waals surface area contributed by atoms with Crippen LogP contribution in [-0.2, 0) is 24.4 Å². The van der Waals surface area contributed by atoms with E-state index in [-0.39, 0.29) is 16.1 Å². The summed E-state index contributed by atoms with van der Waals surface area (Å²) in [6.07, 6.45) is 0.764. The highest BCUT2D eigenvalue weighted by atomic mass is 32.2. The summed E-state index contributed by atoms with van der Waals surface area (Å²) in [5.74, 6) is -2.73. The average Bonchev–Trinajstić information content (AvgIpc) is 2.67. The van der Waals surface area contributed by atoms with Gasteiger partial charge >= 0.3 is 0 Å². The van der Waals surface area contributed by atoms with Crippen LogP contribution in [0.5, 0.6) is 5.75 Å². The number of carbonyl (C=O) groups is 3. The van der Waals surface area contributed by atoms with Gasteiger partial charge in [-0.25, -0.2) is 13.1 Å². The lowest BCUT2D eigenvalue weighted by atomic mass is 10.1. The van der Waals surface area contributed by atoms with Crippen LogP contribution in [0.1, 0.15) is 12.5 Å². The number of nitrogens with one attached hydrogen (secondary N) is 2. The van der Waals surface area contributed by atoms with Gasteiger partial charge in [0.05, 0.1) is 12.0 Å². The van der Waals surface area contributed by atoms with Crippen molar-refractivity contribution in [3.8, 4) is 5.75 Å². The van der Waals surface area contributed by atoms with Crippen LogP contribution in [0.15, 0.2) is 59.5 Å². The minimum Gasteiger partial charge on any atom is -0.507 e. The highest BCUT2D eigenvalue weighted by Crippen LogP contribution is 2.18. The second kappa shape index (κ2) is 9.02. The number of sulfonamides is 1. The Morgan fingerprint density at radius 2 is 1.72 bits per heavy atom. The standard InChI is InChI=1S/C19H18N2O7S/c1-12(22)21-29(26,27)16-8-6-14(7-9-16)20-19(25)18(24)11-17(23)13-4-3-5-15(10-13)28-2/h3-11,23H,1-2H3,(H,20,25)(H,21,22)/b17-11-.